The van der Waals surface area contributed by atoms with E-state index in [9.17, 15) is 0 Å². The number of anilines is 1. The van der Waals surface area contributed by atoms with Gasteiger partial charge in [-0.1, -0.05) is 60.7 Å². The summed E-state index contributed by atoms with van der Waals surface area (Å²) in [6.45, 7) is 2.03. The predicted octanol–water partition coefficient (Wildman–Crippen LogP) is 4.00. The zero-order valence-corrected chi connectivity index (χ0v) is 15.1. The molecule has 1 N–H and O–H groups in total. The number of aromatic nitrogens is 2. The quantitative estimate of drug-likeness (QED) is 0.777. The fourth-order valence-electron chi connectivity index (χ4n) is 3.53. The van der Waals surface area contributed by atoms with Crippen molar-refractivity contribution in [2.45, 2.75) is 18.9 Å². The van der Waals surface area contributed by atoms with Crippen LogP contribution in [-0.4, -0.2) is 36.1 Å². The van der Waals surface area contributed by atoms with Gasteiger partial charge >= 0.3 is 0 Å². The molecule has 0 saturated carbocycles. The summed E-state index contributed by atoms with van der Waals surface area (Å²) in [5, 5.41) is 3.38. The van der Waals surface area contributed by atoms with Crippen molar-refractivity contribution in [3.05, 3.63) is 66.9 Å². The Morgan fingerprint density at radius 1 is 0.846 bits per heavy atom. The van der Waals surface area contributed by atoms with Crippen molar-refractivity contribution in [1.29, 1.82) is 0 Å². The number of piperidine rings is 1. The summed E-state index contributed by atoms with van der Waals surface area (Å²) >= 11 is 0. The monoisotopic (exact) mass is 344 g/mol. The summed E-state index contributed by atoms with van der Waals surface area (Å²) in [6, 6.07) is 21.3. The van der Waals surface area contributed by atoms with Crippen LogP contribution in [0.25, 0.3) is 22.5 Å². The van der Waals surface area contributed by atoms with Crippen molar-refractivity contribution >= 4 is 5.82 Å². The van der Waals surface area contributed by atoms with Crippen LogP contribution >= 0.6 is 0 Å². The molecular formula is C22H24N4. The average molecular weight is 344 g/mol. The first-order chi connectivity index (χ1) is 12.8. The van der Waals surface area contributed by atoms with Gasteiger partial charge in [0.2, 0.25) is 0 Å². The van der Waals surface area contributed by atoms with Crippen molar-refractivity contribution in [3.63, 3.8) is 0 Å². The Morgan fingerprint density at radius 3 is 2.00 bits per heavy atom. The first-order valence-electron chi connectivity index (χ1n) is 9.25. The highest BCUT2D eigenvalue weighted by Crippen LogP contribution is 2.31. The predicted molar refractivity (Wildman–Crippen MR) is 107 cm³/mol. The van der Waals surface area contributed by atoms with E-state index in [1.165, 1.54) is 0 Å². The molecule has 0 unspecified atom stereocenters. The number of hydrogen-bond donors (Lipinski definition) is 1. The largest absolute Gasteiger partial charge is 0.355 e. The summed E-state index contributed by atoms with van der Waals surface area (Å²) in [7, 11) is 2.04. The molecule has 4 rings (SSSR count). The molecule has 0 spiro atoms. The lowest BCUT2D eigenvalue weighted by Crippen LogP contribution is -2.41. The van der Waals surface area contributed by atoms with Crippen LogP contribution in [0.15, 0.2) is 66.9 Å². The minimum atomic E-state index is 0.608. The van der Waals surface area contributed by atoms with Crippen molar-refractivity contribution in [3.8, 4) is 22.5 Å². The first-order valence-corrected chi connectivity index (χ1v) is 9.25. The molecule has 132 valence electrons. The maximum Gasteiger partial charge on any atom is 0.147 e. The number of rotatable bonds is 4. The Kier molecular flexibility index (Phi) is 4.93. The molecule has 0 radical (unpaired) electrons. The van der Waals surface area contributed by atoms with E-state index in [0.29, 0.717) is 6.04 Å². The molecule has 1 aliphatic rings. The van der Waals surface area contributed by atoms with Gasteiger partial charge in [-0.3, -0.25) is 4.98 Å². The van der Waals surface area contributed by atoms with Gasteiger partial charge in [-0.15, -0.1) is 0 Å². The van der Waals surface area contributed by atoms with Gasteiger partial charge in [0.05, 0.1) is 17.6 Å². The standard InChI is InChI=1S/C22H24N4/c1-23-19-12-14-26(15-13-19)20-16-24-21(17-8-4-2-5-9-17)22(25-20)18-10-6-3-7-11-18/h2-11,16,19,23H,12-15H2,1H3. The van der Waals surface area contributed by atoms with Crippen LogP contribution in [0.2, 0.25) is 0 Å². The first kappa shape index (κ1) is 16.7. The topological polar surface area (TPSA) is 41.0 Å². The fourth-order valence-corrected chi connectivity index (χ4v) is 3.53. The zero-order valence-electron chi connectivity index (χ0n) is 15.1. The SMILES string of the molecule is CNC1CCN(c2cnc(-c3ccccc3)c(-c3ccccc3)n2)CC1. The number of nitrogens with zero attached hydrogens (tertiary/aromatic N) is 3. The van der Waals surface area contributed by atoms with Crippen LogP contribution in [-0.2, 0) is 0 Å². The smallest absolute Gasteiger partial charge is 0.147 e. The minimum Gasteiger partial charge on any atom is -0.355 e. The lowest BCUT2D eigenvalue weighted by Gasteiger charge is -2.32. The molecule has 2 heterocycles. The Balaban J connectivity index is 1.73. The fraction of sp³-hybridized carbons (Fsp3) is 0.273. The van der Waals surface area contributed by atoms with Crippen LogP contribution < -0.4 is 10.2 Å². The Labute approximate surface area is 154 Å². The zero-order chi connectivity index (χ0) is 17.8. The normalized spacial score (nSPS) is 15.2. The van der Waals surface area contributed by atoms with E-state index in [0.717, 1.165) is 54.3 Å². The summed E-state index contributed by atoms with van der Waals surface area (Å²) in [6.07, 6.45) is 4.20. The second-order valence-corrected chi connectivity index (χ2v) is 6.71. The Bertz CT molecular complexity index is 841. The molecule has 3 aromatic rings. The molecule has 0 bridgehead atoms. The molecule has 2 aromatic carbocycles. The van der Waals surface area contributed by atoms with Gasteiger partial charge in [-0.2, -0.15) is 0 Å². The molecule has 4 heteroatoms. The minimum absolute atomic E-state index is 0.608. The van der Waals surface area contributed by atoms with E-state index in [4.69, 9.17) is 9.97 Å². The second-order valence-electron chi connectivity index (χ2n) is 6.71. The van der Waals surface area contributed by atoms with Gasteiger partial charge in [0.1, 0.15) is 5.82 Å². The molecule has 4 nitrogen and oxygen atoms in total. The lowest BCUT2D eigenvalue weighted by atomic mass is 10.0. The van der Waals surface area contributed by atoms with E-state index in [1.807, 2.05) is 37.5 Å². The average Bonchev–Trinajstić information content (AvgIpc) is 2.75. The lowest BCUT2D eigenvalue weighted by molar-refractivity contribution is 0.440. The van der Waals surface area contributed by atoms with Crippen molar-refractivity contribution in [2.75, 3.05) is 25.0 Å². The second kappa shape index (κ2) is 7.67. The number of benzene rings is 2. The Morgan fingerprint density at radius 2 is 1.42 bits per heavy atom. The maximum absolute atomic E-state index is 5.04. The molecule has 0 aliphatic carbocycles. The van der Waals surface area contributed by atoms with Gasteiger partial charge < -0.3 is 10.2 Å². The van der Waals surface area contributed by atoms with Gasteiger partial charge in [-0.05, 0) is 19.9 Å². The van der Waals surface area contributed by atoms with Crippen LogP contribution in [0.5, 0.6) is 0 Å². The highest BCUT2D eigenvalue weighted by Gasteiger charge is 2.20. The van der Waals surface area contributed by atoms with E-state index in [-0.39, 0.29) is 0 Å². The molecule has 1 aromatic heterocycles. The molecule has 1 fully saturated rings. The highest BCUT2D eigenvalue weighted by atomic mass is 15.2. The van der Waals surface area contributed by atoms with Crippen LogP contribution in [0.3, 0.4) is 0 Å². The van der Waals surface area contributed by atoms with Gasteiger partial charge in [-0.25, -0.2) is 4.98 Å². The third kappa shape index (κ3) is 3.46. The summed E-state index contributed by atoms with van der Waals surface area (Å²) < 4.78 is 0. The van der Waals surface area contributed by atoms with E-state index in [2.05, 4.69) is 46.6 Å². The van der Waals surface area contributed by atoms with Crippen molar-refractivity contribution in [2.24, 2.45) is 0 Å². The third-order valence-corrected chi connectivity index (χ3v) is 5.08. The van der Waals surface area contributed by atoms with Gasteiger partial charge in [0.25, 0.3) is 0 Å². The molecule has 1 saturated heterocycles. The van der Waals surface area contributed by atoms with E-state index >= 15 is 0 Å². The summed E-state index contributed by atoms with van der Waals surface area (Å²) in [5.74, 6) is 0.970. The van der Waals surface area contributed by atoms with Crippen molar-refractivity contribution in [1.82, 2.24) is 15.3 Å². The van der Waals surface area contributed by atoms with E-state index in [1.54, 1.807) is 0 Å². The highest BCUT2D eigenvalue weighted by molar-refractivity contribution is 5.78. The van der Waals surface area contributed by atoms with Gasteiger partial charge in [0.15, 0.2) is 0 Å². The summed E-state index contributed by atoms with van der Waals surface area (Å²) in [5.41, 5.74) is 4.08. The molecular weight excluding hydrogens is 320 g/mol. The van der Waals surface area contributed by atoms with Crippen LogP contribution in [0, 0.1) is 0 Å². The molecule has 26 heavy (non-hydrogen) atoms. The van der Waals surface area contributed by atoms with Crippen LogP contribution in [0.1, 0.15) is 12.8 Å². The number of nitrogens with one attached hydrogen (secondary N) is 1. The van der Waals surface area contributed by atoms with Crippen molar-refractivity contribution < 1.29 is 0 Å². The maximum atomic E-state index is 5.04. The number of hydrogen-bond acceptors (Lipinski definition) is 4. The third-order valence-electron chi connectivity index (χ3n) is 5.08. The summed E-state index contributed by atoms with van der Waals surface area (Å²) in [4.78, 5) is 12.2. The van der Waals surface area contributed by atoms with E-state index < -0.39 is 0 Å². The molecule has 1 aliphatic heterocycles. The van der Waals surface area contributed by atoms with Gasteiger partial charge in [0, 0.05) is 30.3 Å². The molecule has 0 amide bonds. The Hall–Kier alpha value is -2.72. The molecule has 0 atom stereocenters. The van der Waals surface area contributed by atoms with Crippen LogP contribution in [0.4, 0.5) is 5.82 Å².